The maximum atomic E-state index is 5.89. The predicted octanol–water partition coefficient (Wildman–Crippen LogP) is 2.82. The molecule has 2 atom stereocenters. The minimum Gasteiger partial charge on any atom is -0.374 e. The number of thioether (sulfide) groups is 1. The number of ether oxygens (including phenoxy) is 1. The Morgan fingerprint density at radius 2 is 2.28 bits per heavy atom. The van der Waals surface area contributed by atoms with Crippen LogP contribution in [0, 0.1) is 0 Å². The molecule has 2 heterocycles. The summed E-state index contributed by atoms with van der Waals surface area (Å²) in [6.45, 7) is 3.98. The molecule has 2 aliphatic heterocycles. The van der Waals surface area contributed by atoms with Crippen LogP contribution in [0.25, 0.3) is 0 Å². The fourth-order valence-corrected chi connectivity index (χ4v) is 4.16. The van der Waals surface area contributed by atoms with Gasteiger partial charge in [-0.25, -0.2) is 0 Å². The lowest BCUT2D eigenvalue weighted by atomic mass is 10.0. The van der Waals surface area contributed by atoms with Crippen molar-refractivity contribution in [3.05, 3.63) is 29.8 Å². The zero-order valence-electron chi connectivity index (χ0n) is 10.3. The number of halogens is 1. The molecule has 0 aliphatic carbocycles. The lowest BCUT2D eigenvalue weighted by molar-refractivity contribution is -0.0176. The van der Waals surface area contributed by atoms with Crippen molar-refractivity contribution in [2.75, 3.05) is 37.9 Å². The van der Waals surface area contributed by atoms with Crippen molar-refractivity contribution in [3.63, 3.8) is 0 Å². The third kappa shape index (κ3) is 2.69. The average molecular weight is 284 g/mol. The third-order valence-corrected chi connectivity index (χ3v) is 5.27. The summed E-state index contributed by atoms with van der Waals surface area (Å²) in [6, 6.07) is 8.80. The maximum Gasteiger partial charge on any atom is 0.0837 e. The first-order chi connectivity index (χ1) is 8.86. The first-order valence-corrected chi connectivity index (χ1v) is 8.00. The van der Waals surface area contributed by atoms with Gasteiger partial charge in [-0.3, -0.25) is 4.90 Å². The molecule has 2 aliphatic rings. The van der Waals surface area contributed by atoms with Crippen molar-refractivity contribution >= 4 is 23.4 Å². The van der Waals surface area contributed by atoms with Crippen molar-refractivity contribution in [2.24, 2.45) is 0 Å². The monoisotopic (exact) mass is 283 g/mol. The van der Waals surface area contributed by atoms with Gasteiger partial charge in [-0.1, -0.05) is 18.2 Å². The van der Waals surface area contributed by atoms with Gasteiger partial charge < -0.3 is 4.74 Å². The first kappa shape index (κ1) is 12.8. The van der Waals surface area contributed by atoms with E-state index >= 15 is 0 Å². The highest BCUT2D eigenvalue weighted by Gasteiger charge is 2.27. The molecule has 1 aromatic carbocycles. The first-order valence-electron chi connectivity index (χ1n) is 6.48. The summed E-state index contributed by atoms with van der Waals surface area (Å²) in [7, 11) is 0. The van der Waals surface area contributed by atoms with Crippen LogP contribution in [0.3, 0.4) is 0 Å². The number of alkyl halides is 1. The highest BCUT2D eigenvalue weighted by atomic mass is 35.5. The summed E-state index contributed by atoms with van der Waals surface area (Å²) >= 11 is 7.87. The summed E-state index contributed by atoms with van der Waals surface area (Å²) in [4.78, 5) is 3.97. The van der Waals surface area contributed by atoms with Crippen LogP contribution in [0.4, 0.5) is 0 Å². The minimum absolute atomic E-state index is 0.213. The van der Waals surface area contributed by atoms with E-state index in [1.165, 1.54) is 16.2 Å². The summed E-state index contributed by atoms with van der Waals surface area (Å²) < 4.78 is 5.61. The lowest BCUT2D eigenvalue weighted by Gasteiger charge is -2.33. The van der Waals surface area contributed by atoms with Crippen LogP contribution in [0.15, 0.2) is 29.2 Å². The fourth-order valence-electron chi connectivity index (χ4n) is 2.73. The second kappa shape index (κ2) is 5.83. The van der Waals surface area contributed by atoms with Crippen molar-refractivity contribution in [2.45, 2.75) is 16.9 Å². The van der Waals surface area contributed by atoms with E-state index in [4.69, 9.17) is 16.3 Å². The highest BCUT2D eigenvalue weighted by molar-refractivity contribution is 7.99. The van der Waals surface area contributed by atoms with Crippen LogP contribution >= 0.6 is 23.4 Å². The third-order valence-electron chi connectivity index (χ3n) is 3.67. The predicted molar refractivity (Wildman–Crippen MR) is 76.8 cm³/mol. The van der Waals surface area contributed by atoms with E-state index in [2.05, 4.69) is 29.2 Å². The van der Waals surface area contributed by atoms with Crippen molar-refractivity contribution < 1.29 is 4.74 Å². The molecule has 3 rings (SSSR count). The van der Waals surface area contributed by atoms with Crippen LogP contribution in [0.2, 0.25) is 0 Å². The Morgan fingerprint density at radius 3 is 3.17 bits per heavy atom. The molecule has 0 spiro atoms. The Hall–Kier alpha value is -0.220. The molecule has 1 saturated heterocycles. The van der Waals surface area contributed by atoms with E-state index in [0.29, 0.717) is 11.8 Å². The molecule has 0 radical (unpaired) electrons. The SMILES string of the molecule is ClCC1CN(CC2CSc3ccccc32)CCO1. The summed E-state index contributed by atoms with van der Waals surface area (Å²) in [5.74, 6) is 2.48. The molecule has 4 heteroatoms. The summed E-state index contributed by atoms with van der Waals surface area (Å²) in [6.07, 6.45) is 0.213. The zero-order chi connectivity index (χ0) is 12.4. The molecule has 98 valence electrons. The van der Waals surface area contributed by atoms with Gasteiger partial charge in [-0.2, -0.15) is 0 Å². The molecule has 1 fully saturated rings. The standard InChI is InChI=1S/C14H18ClNOS/c15-7-12-9-16(5-6-17-12)8-11-10-18-14-4-2-1-3-13(11)14/h1-4,11-12H,5-10H2. The molecule has 0 saturated carbocycles. The molecule has 2 nitrogen and oxygen atoms in total. The maximum absolute atomic E-state index is 5.89. The van der Waals surface area contributed by atoms with E-state index in [-0.39, 0.29) is 6.10 Å². The molecular formula is C14H18ClNOS. The van der Waals surface area contributed by atoms with Crippen molar-refractivity contribution in [3.8, 4) is 0 Å². The van der Waals surface area contributed by atoms with E-state index in [1.54, 1.807) is 0 Å². The highest BCUT2D eigenvalue weighted by Crippen LogP contribution is 2.39. The molecular weight excluding hydrogens is 266 g/mol. The molecule has 2 unspecified atom stereocenters. The minimum atomic E-state index is 0.213. The number of nitrogens with zero attached hydrogens (tertiary/aromatic N) is 1. The van der Waals surface area contributed by atoms with Gasteiger partial charge in [0.1, 0.15) is 0 Å². The lowest BCUT2D eigenvalue weighted by Crippen LogP contribution is -2.44. The van der Waals surface area contributed by atoms with Crippen LogP contribution in [0.5, 0.6) is 0 Å². The number of rotatable bonds is 3. The average Bonchev–Trinajstić information content (AvgIpc) is 2.83. The fraction of sp³-hybridized carbons (Fsp3) is 0.571. The Kier molecular flexibility index (Phi) is 4.14. The van der Waals surface area contributed by atoms with Gasteiger partial charge in [0, 0.05) is 42.1 Å². The van der Waals surface area contributed by atoms with E-state index in [9.17, 15) is 0 Å². The van der Waals surface area contributed by atoms with Crippen LogP contribution in [-0.2, 0) is 4.74 Å². The van der Waals surface area contributed by atoms with Gasteiger partial charge in [0.2, 0.25) is 0 Å². The van der Waals surface area contributed by atoms with Crippen molar-refractivity contribution in [1.82, 2.24) is 4.90 Å². The van der Waals surface area contributed by atoms with Gasteiger partial charge in [0.05, 0.1) is 12.7 Å². The molecule has 0 aromatic heterocycles. The number of hydrogen-bond donors (Lipinski definition) is 0. The molecule has 1 aromatic rings. The molecule has 0 bridgehead atoms. The number of fused-ring (bicyclic) bond motifs is 1. The van der Waals surface area contributed by atoms with Crippen LogP contribution in [0.1, 0.15) is 11.5 Å². The zero-order valence-corrected chi connectivity index (χ0v) is 11.9. The smallest absolute Gasteiger partial charge is 0.0837 e. The number of hydrogen-bond acceptors (Lipinski definition) is 3. The summed E-state index contributed by atoms with van der Waals surface area (Å²) in [5, 5.41) is 0. The largest absolute Gasteiger partial charge is 0.374 e. The quantitative estimate of drug-likeness (QED) is 0.792. The van der Waals surface area contributed by atoms with Crippen molar-refractivity contribution in [1.29, 1.82) is 0 Å². The topological polar surface area (TPSA) is 12.5 Å². The van der Waals surface area contributed by atoms with E-state index in [1.807, 2.05) is 11.8 Å². The Bertz CT molecular complexity index is 415. The van der Waals surface area contributed by atoms with Gasteiger partial charge in [0.25, 0.3) is 0 Å². The molecule has 0 N–H and O–H groups in total. The van der Waals surface area contributed by atoms with Gasteiger partial charge >= 0.3 is 0 Å². The number of benzene rings is 1. The normalized spacial score (nSPS) is 28.3. The second-order valence-electron chi connectivity index (χ2n) is 4.95. The second-order valence-corrected chi connectivity index (χ2v) is 6.32. The van der Waals surface area contributed by atoms with Crippen LogP contribution in [-0.4, -0.2) is 48.9 Å². The van der Waals surface area contributed by atoms with Gasteiger partial charge in [-0.15, -0.1) is 23.4 Å². The van der Waals surface area contributed by atoms with Crippen LogP contribution < -0.4 is 0 Å². The Labute approximate surface area is 118 Å². The molecule has 18 heavy (non-hydrogen) atoms. The Morgan fingerprint density at radius 1 is 1.39 bits per heavy atom. The van der Waals surface area contributed by atoms with E-state index in [0.717, 1.165) is 26.2 Å². The Balaban J connectivity index is 1.64. The summed E-state index contributed by atoms with van der Waals surface area (Å²) in [5.41, 5.74) is 1.52. The van der Waals surface area contributed by atoms with Gasteiger partial charge in [0.15, 0.2) is 0 Å². The van der Waals surface area contributed by atoms with E-state index < -0.39 is 0 Å². The number of morpholine rings is 1. The van der Waals surface area contributed by atoms with Gasteiger partial charge in [-0.05, 0) is 11.6 Å². The molecule has 0 amide bonds.